The lowest BCUT2D eigenvalue weighted by molar-refractivity contribution is 0.0686. The van der Waals surface area contributed by atoms with Gasteiger partial charge in [0.15, 0.2) is 5.76 Å². The van der Waals surface area contributed by atoms with Gasteiger partial charge in [-0.2, -0.15) is 0 Å². The van der Waals surface area contributed by atoms with Gasteiger partial charge in [-0.3, -0.25) is 9.10 Å². The van der Waals surface area contributed by atoms with Crippen LogP contribution in [0.15, 0.2) is 126 Å². The molecule has 0 amide bonds. The lowest BCUT2D eigenvalue weighted by Crippen LogP contribution is -2.38. The van der Waals surface area contributed by atoms with E-state index >= 15 is 0 Å². The van der Waals surface area contributed by atoms with E-state index in [0.29, 0.717) is 5.56 Å². The summed E-state index contributed by atoms with van der Waals surface area (Å²) in [5, 5.41) is 1.66. The first-order valence-corrected chi connectivity index (χ1v) is 14.7. The first kappa shape index (κ1) is 27.1. The number of hydrogen-bond acceptors (Lipinski definition) is 5. The Bertz CT molecular complexity index is 2020. The molecule has 8 heteroatoms. The number of nitrogens with zero attached hydrogens (tertiary/aromatic N) is 1. The van der Waals surface area contributed by atoms with Gasteiger partial charge in [0.25, 0.3) is 10.0 Å². The molecule has 0 saturated heterocycles. The Morgan fingerprint density at radius 2 is 1.45 bits per heavy atom. The van der Waals surface area contributed by atoms with Gasteiger partial charge in [0.2, 0.25) is 5.78 Å². The zero-order valence-corrected chi connectivity index (χ0v) is 23.3. The van der Waals surface area contributed by atoms with Crippen LogP contribution >= 0.6 is 0 Å². The predicted octanol–water partition coefficient (Wildman–Crippen LogP) is 7.08. The predicted molar refractivity (Wildman–Crippen MR) is 158 cm³/mol. The molecule has 42 heavy (non-hydrogen) atoms. The zero-order valence-electron chi connectivity index (χ0n) is 22.5. The first-order valence-electron chi connectivity index (χ1n) is 13.3. The number of carbonyl (C=O) groups is 2. The van der Waals surface area contributed by atoms with Gasteiger partial charge in [0.1, 0.15) is 11.5 Å². The van der Waals surface area contributed by atoms with Crippen molar-refractivity contribution in [3.63, 3.8) is 0 Å². The summed E-state index contributed by atoms with van der Waals surface area (Å²) in [5.41, 5.74) is 1.17. The summed E-state index contributed by atoms with van der Waals surface area (Å²) in [7, 11) is -4.28. The molecule has 0 N–H and O–H groups in total. The minimum Gasteiger partial charge on any atom is -0.420 e. The average molecular weight is 578 g/mol. The van der Waals surface area contributed by atoms with Crippen LogP contribution in [0, 0.1) is 5.82 Å². The summed E-state index contributed by atoms with van der Waals surface area (Å²) < 4.78 is 48.9. The Balaban J connectivity index is 1.56. The summed E-state index contributed by atoms with van der Waals surface area (Å²) in [6.07, 6.45) is 0. The number of hydrogen-bond donors (Lipinski definition) is 0. The van der Waals surface area contributed by atoms with Crippen LogP contribution in [-0.4, -0.2) is 31.0 Å². The lowest BCUT2D eigenvalue weighted by Gasteiger charge is -2.32. The van der Waals surface area contributed by atoms with E-state index in [2.05, 4.69) is 0 Å². The van der Waals surface area contributed by atoms with Crippen LogP contribution in [0.1, 0.15) is 33.2 Å². The van der Waals surface area contributed by atoms with Crippen LogP contribution < -0.4 is 0 Å². The lowest BCUT2D eigenvalue weighted by atomic mass is 9.99. The molecule has 208 valence electrons. The summed E-state index contributed by atoms with van der Waals surface area (Å²) >= 11 is 0. The van der Waals surface area contributed by atoms with Gasteiger partial charge in [0, 0.05) is 17.7 Å². The van der Waals surface area contributed by atoms with Gasteiger partial charge in [-0.15, -0.1) is 0 Å². The van der Waals surface area contributed by atoms with Crippen molar-refractivity contribution in [1.82, 2.24) is 4.31 Å². The van der Waals surface area contributed by atoms with Crippen LogP contribution in [0.25, 0.3) is 27.7 Å². The molecule has 0 aromatic heterocycles. The third kappa shape index (κ3) is 4.65. The fourth-order valence-corrected chi connectivity index (χ4v) is 6.83. The molecule has 0 spiro atoms. The molecule has 0 unspecified atom stereocenters. The van der Waals surface area contributed by atoms with E-state index in [9.17, 15) is 22.4 Å². The normalized spacial score (nSPS) is 14.0. The summed E-state index contributed by atoms with van der Waals surface area (Å²) in [6, 6.07) is 31.5. The third-order valence-corrected chi connectivity index (χ3v) is 9.09. The topological polar surface area (TPSA) is 80.8 Å². The molecule has 1 aliphatic heterocycles. The quantitative estimate of drug-likeness (QED) is 0.159. The van der Waals surface area contributed by atoms with Crippen molar-refractivity contribution in [1.29, 1.82) is 0 Å². The number of rotatable bonds is 6. The van der Waals surface area contributed by atoms with Gasteiger partial charge in [-0.1, -0.05) is 84.9 Å². The largest absolute Gasteiger partial charge is 0.420 e. The Morgan fingerprint density at radius 3 is 2.21 bits per heavy atom. The molecule has 0 bridgehead atoms. The van der Waals surface area contributed by atoms with Gasteiger partial charge >= 0.3 is 5.97 Å². The number of allylic oxidation sites excluding steroid dienone is 1. The highest BCUT2D eigenvalue weighted by atomic mass is 32.2. The van der Waals surface area contributed by atoms with Crippen molar-refractivity contribution in [2.45, 2.75) is 11.8 Å². The highest BCUT2D eigenvalue weighted by Gasteiger charge is 2.41. The standard InChI is InChI=1S/C34H24FNO5S/c1-2-36-31(32(37)25-17-16-22-10-6-7-13-24(22)20-25)33(29-21-26(35)18-19-30(29)42(36,39)40)41-34(38)28-15-9-8-14-27(28)23-11-4-3-5-12-23/h3-21H,2H2,1H3. The number of sulfonamides is 1. The average Bonchev–Trinajstić information content (AvgIpc) is 3.01. The minimum atomic E-state index is -4.28. The second-order valence-corrected chi connectivity index (χ2v) is 11.5. The SMILES string of the molecule is CCN1C(C(=O)c2ccc3ccccc3c2)=C(OC(=O)c2ccccc2-c2ccccc2)c2cc(F)ccc2S1(=O)=O. The van der Waals surface area contributed by atoms with Crippen molar-refractivity contribution < 1.29 is 27.1 Å². The fourth-order valence-electron chi connectivity index (χ4n) is 5.18. The molecule has 0 radical (unpaired) electrons. The van der Waals surface area contributed by atoms with E-state index in [0.717, 1.165) is 38.8 Å². The monoisotopic (exact) mass is 577 g/mol. The number of benzene rings is 5. The number of likely N-dealkylation sites (N-methyl/N-ethyl adjacent to an activating group) is 1. The Morgan fingerprint density at radius 1 is 0.762 bits per heavy atom. The molecule has 6 rings (SSSR count). The number of esters is 1. The van der Waals surface area contributed by atoms with E-state index in [1.807, 2.05) is 54.6 Å². The van der Waals surface area contributed by atoms with Gasteiger partial charge in [-0.25, -0.2) is 17.6 Å². The van der Waals surface area contributed by atoms with E-state index in [1.165, 1.54) is 0 Å². The highest BCUT2D eigenvalue weighted by molar-refractivity contribution is 7.89. The van der Waals surface area contributed by atoms with Gasteiger partial charge in [0.05, 0.1) is 10.5 Å². The Labute approximate surface area is 242 Å². The number of Topliss-reactive ketones (excluding diaryl/α,β-unsaturated/α-hetero) is 1. The second kappa shape index (κ2) is 10.7. The maximum Gasteiger partial charge on any atom is 0.344 e. The van der Waals surface area contributed by atoms with Crippen molar-refractivity contribution in [3.05, 3.63) is 143 Å². The molecule has 6 nitrogen and oxygen atoms in total. The first-order chi connectivity index (χ1) is 20.3. The Hall–Kier alpha value is -5.08. The summed E-state index contributed by atoms with van der Waals surface area (Å²) in [5.74, 6) is -2.57. The summed E-state index contributed by atoms with van der Waals surface area (Å²) in [6.45, 7) is 1.44. The van der Waals surface area contributed by atoms with E-state index < -0.39 is 27.6 Å². The molecular weight excluding hydrogens is 553 g/mol. The van der Waals surface area contributed by atoms with Gasteiger partial charge < -0.3 is 4.74 Å². The van der Waals surface area contributed by atoms with Crippen LogP contribution in [0.3, 0.4) is 0 Å². The molecular formula is C34H24FNO5S. The van der Waals surface area contributed by atoms with Crippen molar-refractivity contribution in [3.8, 4) is 11.1 Å². The van der Waals surface area contributed by atoms with Crippen LogP contribution in [0.4, 0.5) is 4.39 Å². The second-order valence-electron chi connectivity index (χ2n) is 9.68. The van der Waals surface area contributed by atoms with Crippen molar-refractivity contribution in [2.75, 3.05) is 6.54 Å². The maximum absolute atomic E-state index is 14.6. The van der Waals surface area contributed by atoms with Crippen LogP contribution in [-0.2, 0) is 14.8 Å². The third-order valence-electron chi connectivity index (χ3n) is 7.16. The number of carbonyl (C=O) groups excluding carboxylic acids is 2. The highest BCUT2D eigenvalue weighted by Crippen LogP contribution is 2.40. The molecule has 5 aromatic rings. The molecule has 0 atom stereocenters. The number of halogens is 1. The van der Waals surface area contributed by atoms with Crippen LogP contribution in [0.2, 0.25) is 0 Å². The number of ketones is 1. The fraction of sp³-hybridized carbons (Fsp3) is 0.0588. The number of fused-ring (bicyclic) bond motifs is 2. The molecule has 0 aliphatic carbocycles. The zero-order chi connectivity index (χ0) is 29.4. The smallest absolute Gasteiger partial charge is 0.344 e. The van der Waals surface area contributed by atoms with Crippen molar-refractivity contribution in [2.24, 2.45) is 0 Å². The molecule has 0 saturated carbocycles. The summed E-state index contributed by atoms with van der Waals surface area (Å²) in [4.78, 5) is 27.7. The van der Waals surface area contributed by atoms with E-state index in [1.54, 1.807) is 49.4 Å². The Kier molecular flexibility index (Phi) is 6.92. The molecule has 1 heterocycles. The maximum atomic E-state index is 14.6. The molecule has 5 aromatic carbocycles. The van der Waals surface area contributed by atoms with Crippen molar-refractivity contribution >= 4 is 38.3 Å². The van der Waals surface area contributed by atoms with Crippen LogP contribution in [0.5, 0.6) is 0 Å². The molecule has 0 fully saturated rings. The van der Waals surface area contributed by atoms with E-state index in [4.69, 9.17) is 4.74 Å². The molecule has 1 aliphatic rings. The van der Waals surface area contributed by atoms with Gasteiger partial charge in [-0.05, 0) is 59.2 Å². The minimum absolute atomic E-state index is 0.130. The number of ether oxygens (including phenoxy) is 1. The van der Waals surface area contributed by atoms with E-state index in [-0.39, 0.29) is 39.6 Å².